The van der Waals surface area contributed by atoms with Gasteiger partial charge in [-0.1, -0.05) is 164 Å². The van der Waals surface area contributed by atoms with Crippen molar-refractivity contribution in [2.45, 2.75) is 0 Å². The molecule has 3 heteroatoms. The topological polar surface area (TPSA) is 30.7 Å². The molecule has 0 unspecified atom stereocenters. The number of hydrogen-bond donors (Lipinski definition) is 0. The van der Waals surface area contributed by atoms with Crippen molar-refractivity contribution < 1.29 is 0 Å². The third-order valence-electron chi connectivity index (χ3n) is 9.80. The van der Waals surface area contributed by atoms with E-state index in [-0.39, 0.29) is 0 Å². The highest BCUT2D eigenvalue weighted by Crippen LogP contribution is 2.44. The van der Waals surface area contributed by atoms with Crippen LogP contribution >= 0.6 is 0 Å². The third kappa shape index (κ3) is 4.37. The zero-order valence-corrected chi connectivity index (χ0v) is 26.6. The second-order valence-electron chi connectivity index (χ2n) is 12.6. The lowest BCUT2D eigenvalue weighted by Crippen LogP contribution is -2.04. The van der Waals surface area contributed by atoms with Crippen LogP contribution in [0.4, 0.5) is 0 Å². The molecule has 10 aromatic rings. The van der Waals surface area contributed by atoms with Gasteiger partial charge in [0, 0.05) is 32.7 Å². The maximum Gasteiger partial charge on any atom is 0.235 e. The molecule has 0 radical (unpaired) electrons. The Hall–Kier alpha value is -6.58. The Bertz CT molecular complexity index is 2850. The van der Waals surface area contributed by atoms with Gasteiger partial charge in [0.2, 0.25) is 5.95 Å². The lowest BCUT2D eigenvalue weighted by molar-refractivity contribution is 0.998. The van der Waals surface area contributed by atoms with E-state index in [1.807, 2.05) is 6.07 Å². The van der Waals surface area contributed by atoms with Crippen LogP contribution in [0.2, 0.25) is 0 Å². The molecule has 2 heterocycles. The minimum Gasteiger partial charge on any atom is -0.277 e. The number of rotatable bonds is 4. The van der Waals surface area contributed by atoms with Crippen LogP contribution in [0.15, 0.2) is 176 Å². The zero-order chi connectivity index (χ0) is 32.3. The number of benzene rings is 8. The molecule has 0 aliphatic heterocycles. The Balaban J connectivity index is 1.32. The molecule has 0 fully saturated rings. The molecule has 228 valence electrons. The molecule has 0 saturated heterocycles. The summed E-state index contributed by atoms with van der Waals surface area (Å²) >= 11 is 0. The standard InChI is InChI=1S/C46H29N3/c1-3-13-30(14-4-1)31-23-25-34(26-24-31)41-29-40(33-16-5-2-6-17-33)47-46(48-41)49-42-22-12-11-21-39(42)44-43-35-18-8-7-15-32(35)27-28-37(43)36-19-9-10-20-38(36)45(44)49/h1-29H. The second kappa shape index (κ2) is 11.0. The first-order chi connectivity index (χ1) is 24.3. The second-order valence-corrected chi connectivity index (χ2v) is 12.6. The van der Waals surface area contributed by atoms with Crippen LogP contribution in [-0.4, -0.2) is 14.5 Å². The van der Waals surface area contributed by atoms with E-state index in [1.54, 1.807) is 0 Å². The average Bonchev–Trinajstić information content (AvgIpc) is 3.54. The van der Waals surface area contributed by atoms with Gasteiger partial charge in [-0.05, 0) is 44.8 Å². The number of para-hydroxylation sites is 1. The summed E-state index contributed by atoms with van der Waals surface area (Å²) in [5.41, 5.74) is 8.43. The number of fused-ring (bicyclic) bond motifs is 10. The predicted molar refractivity (Wildman–Crippen MR) is 205 cm³/mol. The molecule has 0 amide bonds. The first kappa shape index (κ1) is 27.5. The van der Waals surface area contributed by atoms with E-state index in [4.69, 9.17) is 9.97 Å². The number of hydrogen-bond acceptors (Lipinski definition) is 2. The van der Waals surface area contributed by atoms with E-state index < -0.39 is 0 Å². The lowest BCUT2D eigenvalue weighted by Gasteiger charge is -2.14. The average molecular weight is 624 g/mol. The Kier molecular flexibility index (Phi) is 6.18. The van der Waals surface area contributed by atoms with Gasteiger partial charge < -0.3 is 0 Å². The highest BCUT2D eigenvalue weighted by atomic mass is 15.2. The van der Waals surface area contributed by atoms with Crippen LogP contribution in [0.1, 0.15) is 0 Å². The maximum absolute atomic E-state index is 5.38. The van der Waals surface area contributed by atoms with Crippen molar-refractivity contribution in [2.75, 3.05) is 0 Å². The van der Waals surface area contributed by atoms with Gasteiger partial charge in [0.05, 0.1) is 22.4 Å². The SMILES string of the molecule is c1ccc(-c2ccc(-c3cc(-c4ccccc4)nc(-n4c5ccccc5c5c6c7ccccc7ccc6c6ccccc6c54)n3)cc2)cc1. The molecular formula is C46H29N3. The smallest absolute Gasteiger partial charge is 0.235 e. The first-order valence-corrected chi connectivity index (χ1v) is 16.7. The van der Waals surface area contributed by atoms with Gasteiger partial charge in [0.15, 0.2) is 0 Å². The highest BCUT2D eigenvalue weighted by molar-refractivity contribution is 6.36. The molecule has 0 aliphatic rings. The van der Waals surface area contributed by atoms with Crippen LogP contribution in [0.3, 0.4) is 0 Å². The third-order valence-corrected chi connectivity index (χ3v) is 9.80. The first-order valence-electron chi connectivity index (χ1n) is 16.7. The fraction of sp³-hybridized carbons (Fsp3) is 0. The van der Waals surface area contributed by atoms with Crippen molar-refractivity contribution in [3.8, 4) is 39.6 Å². The van der Waals surface area contributed by atoms with Gasteiger partial charge in [-0.3, -0.25) is 4.57 Å². The summed E-state index contributed by atoms with van der Waals surface area (Å²) in [7, 11) is 0. The largest absolute Gasteiger partial charge is 0.277 e. The molecule has 8 aromatic carbocycles. The minimum absolute atomic E-state index is 0.652. The Morgan fingerprint density at radius 3 is 1.61 bits per heavy atom. The van der Waals surface area contributed by atoms with Crippen molar-refractivity contribution in [3.05, 3.63) is 176 Å². The number of aromatic nitrogens is 3. The molecule has 2 aromatic heterocycles. The van der Waals surface area contributed by atoms with Crippen LogP contribution in [0.5, 0.6) is 0 Å². The molecule has 0 spiro atoms. The van der Waals surface area contributed by atoms with Crippen molar-refractivity contribution >= 4 is 54.1 Å². The van der Waals surface area contributed by atoms with Gasteiger partial charge >= 0.3 is 0 Å². The summed E-state index contributed by atoms with van der Waals surface area (Å²) < 4.78 is 2.29. The van der Waals surface area contributed by atoms with E-state index in [1.165, 1.54) is 54.2 Å². The van der Waals surface area contributed by atoms with Crippen LogP contribution < -0.4 is 0 Å². The van der Waals surface area contributed by atoms with Gasteiger partial charge in [0.25, 0.3) is 0 Å². The fourth-order valence-electron chi connectivity index (χ4n) is 7.55. The van der Waals surface area contributed by atoms with E-state index >= 15 is 0 Å². The van der Waals surface area contributed by atoms with E-state index in [0.717, 1.165) is 33.5 Å². The monoisotopic (exact) mass is 623 g/mol. The Labute approximate surface area is 283 Å². The van der Waals surface area contributed by atoms with Gasteiger partial charge in [-0.25, -0.2) is 9.97 Å². The summed E-state index contributed by atoms with van der Waals surface area (Å²) in [5.74, 6) is 0.652. The Morgan fingerprint density at radius 1 is 0.347 bits per heavy atom. The summed E-state index contributed by atoms with van der Waals surface area (Å²) in [6.45, 7) is 0. The predicted octanol–water partition coefficient (Wildman–Crippen LogP) is 12.0. The van der Waals surface area contributed by atoms with Crippen LogP contribution in [-0.2, 0) is 0 Å². The quantitative estimate of drug-likeness (QED) is 0.183. The molecule has 0 aliphatic carbocycles. The molecule has 0 bridgehead atoms. The summed E-state index contributed by atoms with van der Waals surface area (Å²) in [4.78, 5) is 10.7. The zero-order valence-electron chi connectivity index (χ0n) is 26.6. The van der Waals surface area contributed by atoms with Crippen molar-refractivity contribution in [3.63, 3.8) is 0 Å². The van der Waals surface area contributed by atoms with E-state index in [0.29, 0.717) is 5.95 Å². The molecule has 0 saturated carbocycles. The molecule has 3 nitrogen and oxygen atoms in total. The summed E-state index contributed by atoms with van der Waals surface area (Å²) in [5, 5.41) is 9.80. The molecule has 49 heavy (non-hydrogen) atoms. The van der Waals surface area contributed by atoms with Crippen LogP contribution in [0, 0.1) is 0 Å². The summed E-state index contributed by atoms with van der Waals surface area (Å²) in [6.07, 6.45) is 0. The number of nitrogens with zero attached hydrogens (tertiary/aromatic N) is 3. The summed E-state index contributed by atoms with van der Waals surface area (Å²) in [6, 6.07) is 62.4. The minimum atomic E-state index is 0.652. The lowest BCUT2D eigenvalue weighted by atomic mass is 9.93. The van der Waals surface area contributed by atoms with Gasteiger partial charge in [-0.2, -0.15) is 0 Å². The van der Waals surface area contributed by atoms with E-state index in [9.17, 15) is 0 Å². The van der Waals surface area contributed by atoms with Gasteiger partial charge in [-0.15, -0.1) is 0 Å². The fourth-order valence-corrected chi connectivity index (χ4v) is 7.55. The van der Waals surface area contributed by atoms with E-state index in [2.05, 4.69) is 174 Å². The maximum atomic E-state index is 5.38. The van der Waals surface area contributed by atoms with Crippen molar-refractivity contribution in [2.24, 2.45) is 0 Å². The normalized spacial score (nSPS) is 11.7. The molecule has 0 N–H and O–H groups in total. The van der Waals surface area contributed by atoms with Crippen molar-refractivity contribution in [1.82, 2.24) is 14.5 Å². The highest BCUT2D eigenvalue weighted by Gasteiger charge is 2.22. The molecular weight excluding hydrogens is 595 g/mol. The van der Waals surface area contributed by atoms with Crippen molar-refractivity contribution in [1.29, 1.82) is 0 Å². The molecule has 10 rings (SSSR count). The van der Waals surface area contributed by atoms with Gasteiger partial charge in [0.1, 0.15) is 0 Å². The molecule has 0 atom stereocenters. The Morgan fingerprint density at radius 2 is 0.878 bits per heavy atom. The van der Waals surface area contributed by atoms with Crippen LogP contribution in [0.25, 0.3) is 93.7 Å².